The van der Waals surface area contributed by atoms with Gasteiger partial charge in [0, 0.05) is 34.1 Å². The van der Waals surface area contributed by atoms with Gasteiger partial charge in [-0.05, 0) is 52.3 Å². The van der Waals surface area contributed by atoms with Gasteiger partial charge in [-0.3, -0.25) is 9.97 Å². The van der Waals surface area contributed by atoms with Crippen LogP contribution in [-0.4, -0.2) is 9.97 Å². The molecule has 128 valence electrons. The van der Waals surface area contributed by atoms with Crippen molar-refractivity contribution in [2.45, 2.75) is 39.0 Å². The number of benzene rings is 2. The first-order valence-electron chi connectivity index (χ1n) is 9.29. The van der Waals surface area contributed by atoms with E-state index in [1.165, 1.54) is 38.4 Å². The third-order valence-electron chi connectivity index (χ3n) is 5.90. The molecule has 0 atom stereocenters. The smallest absolute Gasteiger partial charge is 0.0786 e. The Kier molecular flexibility index (Phi) is 3.06. The van der Waals surface area contributed by atoms with Crippen molar-refractivity contribution in [1.82, 2.24) is 9.97 Å². The summed E-state index contributed by atoms with van der Waals surface area (Å²) in [6, 6.07) is 15.5. The zero-order valence-electron chi connectivity index (χ0n) is 15.7. The van der Waals surface area contributed by atoms with E-state index in [0.717, 1.165) is 11.2 Å². The van der Waals surface area contributed by atoms with Crippen molar-refractivity contribution in [3.05, 3.63) is 71.5 Å². The van der Waals surface area contributed by atoms with E-state index in [1.54, 1.807) is 0 Å². The number of hydrogen-bond acceptors (Lipinski definition) is 2. The zero-order chi connectivity index (χ0) is 18.1. The first-order chi connectivity index (χ1) is 12.5. The lowest BCUT2D eigenvalue weighted by Crippen LogP contribution is -2.24. The fraction of sp³-hybridized carbons (Fsp3) is 0.250. The second kappa shape index (κ2) is 5.14. The molecule has 1 aliphatic carbocycles. The first-order valence-corrected chi connectivity index (χ1v) is 9.29. The third-order valence-corrected chi connectivity index (χ3v) is 5.90. The highest BCUT2D eigenvalue weighted by Gasteiger charge is 2.35. The van der Waals surface area contributed by atoms with Gasteiger partial charge in [-0.15, -0.1) is 0 Å². The number of rotatable bonds is 1. The number of aromatic nitrogens is 2. The van der Waals surface area contributed by atoms with Crippen LogP contribution in [0, 0.1) is 0 Å². The average Bonchev–Trinajstić information content (AvgIpc) is 2.64. The predicted octanol–water partition coefficient (Wildman–Crippen LogP) is 6.21. The van der Waals surface area contributed by atoms with Crippen LogP contribution in [0.3, 0.4) is 0 Å². The fourth-order valence-electron chi connectivity index (χ4n) is 4.35. The van der Waals surface area contributed by atoms with Crippen LogP contribution in [0.1, 0.15) is 50.3 Å². The van der Waals surface area contributed by atoms with Crippen LogP contribution in [0.5, 0.6) is 0 Å². The van der Waals surface area contributed by atoms with Crippen molar-refractivity contribution in [3.8, 4) is 11.3 Å². The third kappa shape index (κ3) is 1.99. The highest BCUT2D eigenvalue weighted by molar-refractivity contribution is 6.03. The van der Waals surface area contributed by atoms with E-state index in [-0.39, 0.29) is 5.41 Å². The Morgan fingerprint density at radius 1 is 0.846 bits per heavy atom. The summed E-state index contributed by atoms with van der Waals surface area (Å²) >= 11 is 0. The Labute approximate surface area is 153 Å². The molecule has 0 N–H and O–H groups in total. The van der Waals surface area contributed by atoms with Crippen LogP contribution < -0.4 is 0 Å². The minimum absolute atomic E-state index is 0.0831. The van der Waals surface area contributed by atoms with Gasteiger partial charge in [-0.1, -0.05) is 45.9 Å². The SMILES string of the molecule is CC(C)c1cc2c3c(nccc3c1)-c1cc3cccnc3cc1C2(C)C. The summed E-state index contributed by atoms with van der Waals surface area (Å²) in [4.78, 5) is 9.39. The molecule has 0 saturated carbocycles. The summed E-state index contributed by atoms with van der Waals surface area (Å²) in [5.74, 6) is 0.503. The first kappa shape index (κ1) is 15.5. The Balaban J connectivity index is 1.97. The number of fused-ring (bicyclic) bond motifs is 3. The maximum atomic E-state index is 4.81. The molecular weight excluding hydrogens is 316 g/mol. The summed E-state index contributed by atoms with van der Waals surface area (Å²) < 4.78 is 0. The molecule has 2 heterocycles. The molecule has 4 aromatic rings. The van der Waals surface area contributed by atoms with Crippen molar-refractivity contribution in [2.24, 2.45) is 0 Å². The summed E-state index contributed by atoms with van der Waals surface area (Å²) in [7, 11) is 0. The second-order valence-electron chi connectivity index (χ2n) is 8.20. The van der Waals surface area contributed by atoms with Crippen LogP contribution in [-0.2, 0) is 5.41 Å². The van der Waals surface area contributed by atoms with Gasteiger partial charge in [-0.25, -0.2) is 0 Å². The van der Waals surface area contributed by atoms with E-state index in [1.807, 2.05) is 18.5 Å². The molecule has 0 spiro atoms. The van der Waals surface area contributed by atoms with Crippen molar-refractivity contribution in [3.63, 3.8) is 0 Å². The predicted molar refractivity (Wildman–Crippen MR) is 109 cm³/mol. The van der Waals surface area contributed by atoms with Gasteiger partial charge in [0.05, 0.1) is 11.2 Å². The van der Waals surface area contributed by atoms with E-state index in [4.69, 9.17) is 4.98 Å². The molecule has 0 unspecified atom stereocenters. The van der Waals surface area contributed by atoms with Gasteiger partial charge in [0.1, 0.15) is 0 Å². The normalized spacial score (nSPS) is 14.8. The van der Waals surface area contributed by atoms with Crippen LogP contribution >= 0.6 is 0 Å². The van der Waals surface area contributed by atoms with Gasteiger partial charge in [0.2, 0.25) is 0 Å². The molecule has 2 nitrogen and oxygen atoms in total. The molecule has 0 fully saturated rings. The monoisotopic (exact) mass is 338 g/mol. The number of pyridine rings is 2. The van der Waals surface area contributed by atoms with Crippen molar-refractivity contribution >= 4 is 21.7 Å². The van der Waals surface area contributed by atoms with Gasteiger partial charge >= 0.3 is 0 Å². The van der Waals surface area contributed by atoms with Crippen molar-refractivity contribution in [2.75, 3.05) is 0 Å². The van der Waals surface area contributed by atoms with Crippen LogP contribution in [0.25, 0.3) is 32.9 Å². The quantitative estimate of drug-likeness (QED) is 0.412. The van der Waals surface area contributed by atoms with Gasteiger partial charge in [-0.2, -0.15) is 0 Å². The minimum Gasteiger partial charge on any atom is -0.256 e. The summed E-state index contributed by atoms with van der Waals surface area (Å²) in [5.41, 5.74) is 7.40. The van der Waals surface area contributed by atoms with E-state index in [2.05, 4.69) is 69.1 Å². The maximum Gasteiger partial charge on any atom is 0.0786 e. The zero-order valence-corrected chi connectivity index (χ0v) is 15.7. The Morgan fingerprint density at radius 2 is 1.69 bits per heavy atom. The van der Waals surface area contributed by atoms with Gasteiger partial charge < -0.3 is 0 Å². The van der Waals surface area contributed by atoms with Crippen LogP contribution in [0.4, 0.5) is 0 Å². The van der Waals surface area contributed by atoms with Crippen LogP contribution in [0.2, 0.25) is 0 Å². The lowest BCUT2D eigenvalue weighted by molar-refractivity contribution is 0.642. The minimum atomic E-state index is -0.0831. The molecule has 0 radical (unpaired) electrons. The van der Waals surface area contributed by atoms with Crippen molar-refractivity contribution in [1.29, 1.82) is 0 Å². The number of hydrogen-bond donors (Lipinski definition) is 0. The molecule has 1 aliphatic rings. The molecule has 0 amide bonds. The van der Waals surface area contributed by atoms with E-state index in [0.29, 0.717) is 5.92 Å². The van der Waals surface area contributed by atoms with E-state index in [9.17, 15) is 0 Å². The Hall–Kier alpha value is -2.74. The molecule has 2 aromatic carbocycles. The molecule has 0 bridgehead atoms. The molecule has 26 heavy (non-hydrogen) atoms. The molecule has 0 aliphatic heterocycles. The summed E-state index contributed by atoms with van der Waals surface area (Å²) in [6.45, 7) is 9.18. The number of nitrogens with zero attached hydrogens (tertiary/aromatic N) is 2. The van der Waals surface area contributed by atoms with Crippen molar-refractivity contribution < 1.29 is 0 Å². The van der Waals surface area contributed by atoms with Gasteiger partial charge in [0.15, 0.2) is 0 Å². The lowest BCUT2D eigenvalue weighted by Gasteiger charge is -2.35. The largest absolute Gasteiger partial charge is 0.256 e. The molecule has 0 saturated heterocycles. The highest BCUT2D eigenvalue weighted by Crippen LogP contribution is 2.49. The summed E-state index contributed by atoms with van der Waals surface area (Å²) in [5, 5.41) is 3.77. The molecular formula is C24H22N2. The van der Waals surface area contributed by atoms with Crippen LogP contribution in [0.15, 0.2) is 54.9 Å². The van der Waals surface area contributed by atoms with Gasteiger partial charge in [0.25, 0.3) is 0 Å². The standard InChI is InChI=1S/C24H22N2/c1-14(2)17-10-16-7-9-26-23-18-11-15-6-5-8-25-21(15)13-19(18)24(3,4)20(12-17)22(16)23/h5-14H,1-4H3. The molecule has 2 aromatic heterocycles. The Bertz CT molecular complexity index is 1190. The Morgan fingerprint density at radius 3 is 2.50 bits per heavy atom. The summed E-state index contributed by atoms with van der Waals surface area (Å²) in [6.07, 6.45) is 3.81. The second-order valence-corrected chi connectivity index (χ2v) is 8.20. The fourth-order valence-corrected chi connectivity index (χ4v) is 4.35. The lowest BCUT2D eigenvalue weighted by atomic mass is 9.68. The topological polar surface area (TPSA) is 25.8 Å². The molecule has 5 rings (SSSR count). The maximum absolute atomic E-state index is 4.81. The van der Waals surface area contributed by atoms with E-state index < -0.39 is 0 Å². The average molecular weight is 338 g/mol. The van der Waals surface area contributed by atoms with E-state index >= 15 is 0 Å². The highest BCUT2D eigenvalue weighted by atomic mass is 14.7. The molecule has 2 heteroatoms.